The Bertz CT molecular complexity index is 966. The molecule has 7 heteroatoms. The van der Waals surface area contributed by atoms with Crippen molar-refractivity contribution >= 4 is 50.6 Å². The summed E-state index contributed by atoms with van der Waals surface area (Å²) in [5.41, 5.74) is 2.01. The second-order valence-electron chi connectivity index (χ2n) is 5.52. The Morgan fingerprint density at radius 3 is 2.69 bits per heavy atom. The lowest BCUT2D eigenvalue weighted by Crippen LogP contribution is -2.30. The molecular formula is C19H15N3OS3. The summed E-state index contributed by atoms with van der Waals surface area (Å²) in [5.74, 6) is 0.299. The number of hydrogen-bond donors (Lipinski definition) is 1. The van der Waals surface area contributed by atoms with E-state index in [2.05, 4.69) is 15.3 Å². The third kappa shape index (κ3) is 3.95. The Kier molecular flexibility index (Phi) is 5.29. The Morgan fingerprint density at radius 1 is 1.12 bits per heavy atom. The molecule has 1 amide bonds. The minimum atomic E-state index is -0.223. The number of aromatic nitrogens is 2. The molecule has 2 heterocycles. The number of para-hydroxylation sites is 1. The van der Waals surface area contributed by atoms with Gasteiger partial charge in [-0.05, 0) is 17.7 Å². The Morgan fingerprint density at radius 2 is 1.92 bits per heavy atom. The van der Waals surface area contributed by atoms with Gasteiger partial charge in [0.25, 0.3) is 0 Å². The lowest BCUT2D eigenvalue weighted by molar-refractivity contribution is -0.119. The van der Waals surface area contributed by atoms with Gasteiger partial charge >= 0.3 is 0 Å². The first-order valence-electron chi connectivity index (χ1n) is 8.01. The number of fused-ring (bicyclic) bond motifs is 1. The number of nitrogens with one attached hydrogen (secondary N) is 1. The van der Waals surface area contributed by atoms with Crippen LogP contribution in [0.5, 0.6) is 0 Å². The highest BCUT2D eigenvalue weighted by atomic mass is 32.2. The van der Waals surface area contributed by atoms with Crippen LogP contribution in [-0.2, 0) is 4.79 Å². The second kappa shape index (κ2) is 7.99. The molecule has 4 rings (SSSR count). The van der Waals surface area contributed by atoms with E-state index in [0.29, 0.717) is 5.75 Å². The van der Waals surface area contributed by atoms with Gasteiger partial charge < -0.3 is 5.32 Å². The molecule has 26 heavy (non-hydrogen) atoms. The van der Waals surface area contributed by atoms with Gasteiger partial charge in [0.2, 0.25) is 5.91 Å². The molecule has 1 N–H and O–H groups in total. The fourth-order valence-electron chi connectivity index (χ4n) is 2.55. The second-order valence-corrected chi connectivity index (χ2v) is 8.70. The van der Waals surface area contributed by atoms with E-state index in [1.165, 1.54) is 11.8 Å². The van der Waals surface area contributed by atoms with Crippen LogP contribution >= 0.6 is 34.4 Å². The first-order valence-corrected chi connectivity index (χ1v) is 10.7. The number of nitrogens with zero attached hydrogens (tertiary/aromatic N) is 2. The van der Waals surface area contributed by atoms with Gasteiger partial charge in [0.05, 0.1) is 16.0 Å². The summed E-state index contributed by atoms with van der Waals surface area (Å²) in [5, 5.41) is 5.91. The predicted molar refractivity (Wildman–Crippen MR) is 109 cm³/mol. The molecule has 2 aromatic carbocycles. The summed E-state index contributed by atoms with van der Waals surface area (Å²) >= 11 is 4.62. The van der Waals surface area contributed by atoms with Crippen LogP contribution in [0.15, 0.2) is 70.5 Å². The van der Waals surface area contributed by atoms with E-state index in [1.807, 2.05) is 60.0 Å². The third-order valence-corrected chi connectivity index (χ3v) is 6.76. The molecule has 1 atom stereocenters. The minimum absolute atomic E-state index is 0.0293. The number of thiazole rings is 2. The summed E-state index contributed by atoms with van der Waals surface area (Å²) in [6.07, 6.45) is 1.76. The Labute approximate surface area is 163 Å². The van der Waals surface area contributed by atoms with Gasteiger partial charge in [-0.2, -0.15) is 0 Å². The molecular weight excluding hydrogens is 382 g/mol. The number of thioether (sulfide) groups is 1. The molecule has 2 aromatic heterocycles. The van der Waals surface area contributed by atoms with Crippen LogP contribution in [0.2, 0.25) is 0 Å². The molecule has 4 nitrogen and oxygen atoms in total. The highest BCUT2D eigenvalue weighted by Gasteiger charge is 2.19. The maximum Gasteiger partial charge on any atom is 0.231 e. The number of benzene rings is 2. The maximum atomic E-state index is 12.5. The number of carbonyl (C=O) groups is 1. The van der Waals surface area contributed by atoms with E-state index >= 15 is 0 Å². The van der Waals surface area contributed by atoms with Crippen molar-refractivity contribution in [3.8, 4) is 0 Å². The van der Waals surface area contributed by atoms with Crippen LogP contribution in [0, 0.1) is 0 Å². The van der Waals surface area contributed by atoms with Crippen LogP contribution in [0.25, 0.3) is 10.2 Å². The van der Waals surface area contributed by atoms with Crippen LogP contribution in [0.4, 0.5) is 0 Å². The summed E-state index contributed by atoms with van der Waals surface area (Å²) < 4.78 is 2.05. The van der Waals surface area contributed by atoms with E-state index in [0.717, 1.165) is 25.1 Å². The Hall–Kier alpha value is -2.22. The fraction of sp³-hybridized carbons (Fsp3) is 0.105. The molecule has 0 aliphatic rings. The molecule has 0 saturated heterocycles. The lowest BCUT2D eigenvalue weighted by atomic mass is 10.1. The van der Waals surface area contributed by atoms with Crippen molar-refractivity contribution in [3.05, 3.63) is 76.7 Å². The van der Waals surface area contributed by atoms with Gasteiger partial charge in [-0.3, -0.25) is 4.79 Å². The monoisotopic (exact) mass is 397 g/mol. The van der Waals surface area contributed by atoms with Crippen molar-refractivity contribution in [2.45, 2.75) is 10.4 Å². The van der Waals surface area contributed by atoms with Crippen LogP contribution in [0.1, 0.15) is 16.6 Å². The molecule has 0 fully saturated rings. The molecule has 0 aliphatic heterocycles. The van der Waals surface area contributed by atoms with Gasteiger partial charge in [-0.25, -0.2) is 9.97 Å². The van der Waals surface area contributed by atoms with E-state index in [4.69, 9.17) is 0 Å². The summed E-state index contributed by atoms with van der Waals surface area (Å²) in [6.45, 7) is 0. The highest BCUT2D eigenvalue weighted by Crippen LogP contribution is 2.29. The zero-order valence-corrected chi connectivity index (χ0v) is 16.1. The quantitative estimate of drug-likeness (QED) is 0.477. The standard InChI is InChI=1S/C19H15N3OS3/c23-16(12-25-19-21-14-8-4-5-9-15(14)26-19)22-17(18-20-10-11-24-18)13-6-2-1-3-7-13/h1-11,17H,12H2,(H,22,23). The van der Waals surface area contributed by atoms with Crippen molar-refractivity contribution in [2.75, 3.05) is 5.75 Å². The summed E-state index contributed by atoms with van der Waals surface area (Å²) in [7, 11) is 0. The summed E-state index contributed by atoms with van der Waals surface area (Å²) in [6, 6.07) is 17.7. The van der Waals surface area contributed by atoms with Crippen LogP contribution in [-0.4, -0.2) is 21.6 Å². The average molecular weight is 398 g/mol. The van der Waals surface area contributed by atoms with Gasteiger partial charge in [-0.15, -0.1) is 22.7 Å². The number of hydrogen-bond acceptors (Lipinski definition) is 6. The molecule has 4 aromatic rings. The highest BCUT2D eigenvalue weighted by molar-refractivity contribution is 8.01. The molecule has 0 saturated carbocycles. The van der Waals surface area contributed by atoms with E-state index in [-0.39, 0.29) is 11.9 Å². The van der Waals surface area contributed by atoms with Gasteiger partial charge in [0.15, 0.2) is 4.34 Å². The van der Waals surface area contributed by atoms with Crippen molar-refractivity contribution in [3.63, 3.8) is 0 Å². The molecule has 0 aliphatic carbocycles. The third-order valence-electron chi connectivity index (χ3n) is 3.74. The maximum absolute atomic E-state index is 12.5. The van der Waals surface area contributed by atoms with Crippen molar-refractivity contribution in [2.24, 2.45) is 0 Å². The number of rotatable bonds is 6. The zero-order chi connectivity index (χ0) is 17.8. The lowest BCUT2D eigenvalue weighted by Gasteiger charge is -2.16. The molecule has 1 unspecified atom stereocenters. The largest absolute Gasteiger partial charge is 0.342 e. The zero-order valence-electron chi connectivity index (χ0n) is 13.7. The van der Waals surface area contributed by atoms with Crippen molar-refractivity contribution < 1.29 is 4.79 Å². The van der Waals surface area contributed by atoms with Gasteiger partial charge in [-0.1, -0.05) is 54.2 Å². The Balaban J connectivity index is 1.45. The molecule has 0 bridgehead atoms. The molecule has 0 spiro atoms. The van der Waals surface area contributed by atoms with Gasteiger partial charge in [0.1, 0.15) is 11.0 Å². The smallest absolute Gasteiger partial charge is 0.231 e. The minimum Gasteiger partial charge on any atom is -0.342 e. The van der Waals surface area contributed by atoms with Crippen molar-refractivity contribution in [1.29, 1.82) is 0 Å². The first-order chi connectivity index (χ1) is 12.8. The SMILES string of the molecule is O=C(CSc1nc2ccccc2s1)NC(c1ccccc1)c1nccs1. The summed E-state index contributed by atoms with van der Waals surface area (Å²) in [4.78, 5) is 21.5. The average Bonchev–Trinajstić information content (AvgIpc) is 3.34. The first kappa shape index (κ1) is 17.2. The molecule has 130 valence electrons. The van der Waals surface area contributed by atoms with Crippen molar-refractivity contribution in [1.82, 2.24) is 15.3 Å². The van der Waals surface area contributed by atoms with Crippen LogP contribution < -0.4 is 5.32 Å². The van der Waals surface area contributed by atoms with E-state index in [1.54, 1.807) is 28.9 Å². The fourth-order valence-corrected chi connectivity index (χ4v) is 5.15. The topological polar surface area (TPSA) is 54.9 Å². The molecule has 0 radical (unpaired) electrons. The predicted octanol–water partition coefficient (Wildman–Crippen LogP) is 4.75. The van der Waals surface area contributed by atoms with E-state index < -0.39 is 0 Å². The number of amides is 1. The van der Waals surface area contributed by atoms with Crippen LogP contribution in [0.3, 0.4) is 0 Å². The number of carbonyl (C=O) groups excluding carboxylic acids is 1. The normalized spacial score (nSPS) is 12.2. The van der Waals surface area contributed by atoms with E-state index in [9.17, 15) is 4.79 Å². The van der Waals surface area contributed by atoms with Gasteiger partial charge in [0, 0.05) is 11.6 Å².